The highest BCUT2D eigenvalue weighted by Crippen LogP contribution is 2.46. The van der Waals surface area contributed by atoms with E-state index in [4.69, 9.17) is 15.2 Å². The number of benzene rings is 3. The summed E-state index contributed by atoms with van der Waals surface area (Å²) in [6.07, 6.45) is 0. The number of aromatic nitrogens is 2. The maximum Gasteiger partial charge on any atom is 0.244 e. The van der Waals surface area contributed by atoms with Gasteiger partial charge in [-0.2, -0.15) is 5.26 Å². The molecule has 5 rings (SSSR count). The van der Waals surface area contributed by atoms with Crippen LogP contribution in [0.3, 0.4) is 0 Å². The first-order valence-corrected chi connectivity index (χ1v) is 10.4. The zero-order valence-corrected chi connectivity index (χ0v) is 17.5. The van der Waals surface area contributed by atoms with Gasteiger partial charge in [-0.1, -0.05) is 42.5 Å². The third-order valence-electron chi connectivity index (χ3n) is 5.53. The van der Waals surface area contributed by atoms with E-state index in [1.165, 1.54) is 0 Å². The molecule has 1 aliphatic heterocycles. The summed E-state index contributed by atoms with van der Waals surface area (Å²) in [5.41, 5.74) is 10.3. The van der Waals surface area contributed by atoms with Crippen molar-refractivity contribution in [2.24, 2.45) is 5.73 Å². The molecule has 0 aliphatic carbocycles. The maximum absolute atomic E-state index is 10.0. The molecule has 0 saturated heterocycles. The van der Waals surface area contributed by atoms with Gasteiger partial charge in [-0.15, -0.1) is 5.10 Å². The molecule has 0 radical (unpaired) electrons. The van der Waals surface area contributed by atoms with Crippen LogP contribution in [0.15, 0.2) is 90.3 Å². The molecule has 1 aromatic heterocycles. The smallest absolute Gasteiger partial charge is 0.244 e. The van der Waals surface area contributed by atoms with Crippen molar-refractivity contribution in [2.45, 2.75) is 12.5 Å². The van der Waals surface area contributed by atoms with Crippen LogP contribution in [0.25, 0.3) is 11.3 Å². The minimum atomic E-state index is -0.534. The van der Waals surface area contributed by atoms with Crippen LogP contribution in [0.1, 0.15) is 22.6 Å². The molecule has 4 N–H and O–H groups in total. The Kier molecular flexibility index (Phi) is 5.17. The first kappa shape index (κ1) is 20.2. The van der Waals surface area contributed by atoms with Crippen molar-refractivity contribution < 1.29 is 14.6 Å². The quantitative estimate of drug-likeness (QED) is 0.422. The van der Waals surface area contributed by atoms with Crippen LogP contribution in [0.5, 0.6) is 17.4 Å². The van der Waals surface area contributed by atoms with E-state index in [1.54, 1.807) is 18.2 Å². The number of phenols is 1. The summed E-state index contributed by atoms with van der Waals surface area (Å²) in [5, 5.41) is 27.1. The third-order valence-corrected chi connectivity index (χ3v) is 5.53. The SMILES string of the molecule is N#CC1=C(N)Oc2n[nH]c(-c3ccc(OCc4ccccc4)cc3)c2[C@@H]1c1cccc(O)c1. The van der Waals surface area contributed by atoms with Gasteiger partial charge in [0.05, 0.1) is 17.2 Å². The van der Waals surface area contributed by atoms with Crippen molar-refractivity contribution in [1.82, 2.24) is 10.2 Å². The number of nitrogens with zero attached hydrogens (tertiary/aromatic N) is 2. The second kappa shape index (κ2) is 8.44. The van der Waals surface area contributed by atoms with Crippen molar-refractivity contribution in [3.8, 4) is 34.7 Å². The molecule has 0 saturated carbocycles. The normalized spacial score (nSPS) is 14.8. The first-order valence-electron chi connectivity index (χ1n) is 10.4. The van der Waals surface area contributed by atoms with Crippen LogP contribution in [0.4, 0.5) is 0 Å². The molecule has 0 bridgehead atoms. The Hall–Kier alpha value is -4.70. The van der Waals surface area contributed by atoms with Crippen LogP contribution in [0, 0.1) is 11.3 Å². The van der Waals surface area contributed by atoms with E-state index in [1.807, 2.05) is 60.7 Å². The topological polar surface area (TPSA) is 117 Å². The molecule has 0 unspecified atom stereocenters. The van der Waals surface area contributed by atoms with Crippen LogP contribution in [-0.4, -0.2) is 15.3 Å². The summed E-state index contributed by atoms with van der Waals surface area (Å²) < 4.78 is 11.5. The van der Waals surface area contributed by atoms with E-state index >= 15 is 0 Å². The highest BCUT2D eigenvalue weighted by molar-refractivity contribution is 5.71. The van der Waals surface area contributed by atoms with Crippen molar-refractivity contribution in [3.63, 3.8) is 0 Å². The lowest BCUT2D eigenvalue weighted by molar-refractivity contribution is 0.306. The number of hydrogen-bond donors (Lipinski definition) is 3. The number of nitrogens with one attached hydrogen (secondary N) is 1. The Bertz CT molecular complexity index is 1370. The molecule has 1 atom stereocenters. The fourth-order valence-electron chi connectivity index (χ4n) is 3.96. The average molecular weight is 436 g/mol. The largest absolute Gasteiger partial charge is 0.508 e. The Balaban J connectivity index is 1.49. The maximum atomic E-state index is 10.0. The number of nitrogens with two attached hydrogens (primary N) is 1. The number of nitriles is 1. The number of allylic oxidation sites excluding steroid dienone is 1. The number of rotatable bonds is 5. The molecule has 1 aliphatic rings. The van der Waals surface area contributed by atoms with Gasteiger partial charge in [0, 0.05) is 5.56 Å². The molecule has 33 heavy (non-hydrogen) atoms. The Morgan fingerprint density at radius 1 is 1.06 bits per heavy atom. The fraction of sp³-hybridized carbons (Fsp3) is 0.0769. The van der Waals surface area contributed by atoms with Gasteiger partial charge < -0.3 is 20.3 Å². The van der Waals surface area contributed by atoms with Crippen molar-refractivity contribution in [3.05, 3.63) is 107 Å². The van der Waals surface area contributed by atoms with Crippen LogP contribution < -0.4 is 15.2 Å². The molecule has 3 aromatic carbocycles. The Morgan fingerprint density at radius 2 is 1.85 bits per heavy atom. The molecule has 7 nitrogen and oxygen atoms in total. The van der Waals surface area contributed by atoms with Gasteiger partial charge in [0.15, 0.2) is 0 Å². The molecule has 7 heteroatoms. The lowest BCUT2D eigenvalue weighted by Gasteiger charge is -2.24. The predicted molar refractivity (Wildman–Crippen MR) is 122 cm³/mol. The summed E-state index contributed by atoms with van der Waals surface area (Å²) in [6, 6.07) is 26.5. The lowest BCUT2D eigenvalue weighted by Crippen LogP contribution is -2.20. The average Bonchev–Trinajstić information content (AvgIpc) is 3.26. The second-order valence-corrected chi connectivity index (χ2v) is 7.64. The van der Waals surface area contributed by atoms with E-state index in [0.717, 1.165) is 16.9 Å². The van der Waals surface area contributed by atoms with Gasteiger partial charge in [-0.05, 0) is 47.5 Å². The van der Waals surface area contributed by atoms with Gasteiger partial charge in [0.2, 0.25) is 11.8 Å². The molecule has 2 heterocycles. The van der Waals surface area contributed by atoms with E-state index < -0.39 is 5.92 Å². The number of phenolic OH excluding ortho intramolecular Hbond substituents is 1. The summed E-state index contributed by atoms with van der Waals surface area (Å²) in [6.45, 7) is 0.475. The minimum absolute atomic E-state index is 0.000975. The minimum Gasteiger partial charge on any atom is -0.508 e. The molecular weight excluding hydrogens is 416 g/mol. The summed E-state index contributed by atoms with van der Waals surface area (Å²) in [7, 11) is 0. The Labute approximate surface area is 190 Å². The fourth-order valence-corrected chi connectivity index (χ4v) is 3.96. The summed E-state index contributed by atoms with van der Waals surface area (Å²) in [5.74, 6) is 0.605. The molecule has 0 amide bonds. The van der Waals surface area contributed by atoms with Crippen LogP contribution >= 0.6 is 0 Å². The second-order valence-electron chi connectivity index (χ2n) is 7.64. The van der Waals surface area contributed by atoms with Gasteiger partial charge in [-0.3, -0.25) is 5.10 Å². The number of hydrogen-bond acceptors (Lipinski definition) is 6. The third kappa shape index (κ3) is 3.86. The molecule has 0 fully saturated rings. The number of aromatic hydroxyl groups is 1. The monoisotopic (exact) mass is 436 g/mol. The van der Waals surface area contributed by atoms with Gasteiger partial charge in [-0.25, -0.2) is 0 Å². The predicted octanol–water partition coefficient (Wildman–Crippen LogP) is 4.58. The van der Waals surface area contributed by atoms with Crippen molar-refractivity contribution in [2.75, 3.05) is 0 Å². The molecular formula is C26H20N4O3. The van der Waals surface area contributed by atoms with Crippen molar-refractivity contribution in [1.29, 1.82) is 5.26 Å². The standard InChI is InChI=1S/C26H20N4O3/c27-14-21-22(18-7-4-8-19(31)13-18)23-24(29-30-26(23)33-25(21)28)17-9-11-20(12-10-17)32-15-16-5-2-1-3-6-16/h1-13,22,31H,15,28H2,(H,29,30)/t22-/m1/s1. The summed E-state index contributed by atoms with van der Waals surface area (Å²) >= 11 is 0. The van der Waals surface area contributed by atoms with Gasteiger partial charge in [0.25, 0.3) is 0 Å². The Morgan fingerprint density at radius 3 is 2.58 bits per heavy atom. The van der Waals surface area contributed by atoms with E-state index in [2.05, 4.69) is 16.3 Å². The number of H-pyrrole nitrogens is 1. The number of ether oxygens (including phenoxy) is 2. The number of aromatic amines is 1. The first-order chi connectivity index (χ1) is 16.1. The molecule has 162 valence electrons. The van der Waals surface area contributed by atoms with Crippen LogP contribution in [-0.2, 0) is 6.61 Å². The van der Waals surface area contributed by atoms with Gasteiger partial charge in [0.1, 0.15) is 29.7 Å². The van der Waals surface area contributed by atoms with E-state index in [-0.39, 0.29) is 17.2 Å². The zero-order chi connectivity index (χ0) is 22.8. The van der Waals surface area contributed by atoms with Gasteiger partial charge >= 0.3 is 0 Å². The molecule has 0 spiro atoms. The van der Waals surface area contributed by atoms with E-state index in [0.29, 0.717) is 29.3 Å². The van der Waals surface area contributed by atoms with Crippen LogP contribution in [0.2, 0.25) is 0 Å². The number of fused-ring (bicyclic) bond motifs is 1. The highest BCUT2D eigenvalue weighted by atomic mass is 16.5. The zero-order valence-electron chi connectivity index (χ0n) is 17.5. The highest BCUT2D eigenvalue weighted by Gasteiger charge is 2.35. The van der Waals surface area contributed by atoms with E-state index in [9.17, 15) is 10.4 Å². The van der Waals surface area contributed by atoms with Crippen molar-refractivity contribution >= 4 is 0 Å². The molecule has 4 aromatic rings. The lowest BCUT2D eigenvalue weighted by atomic mass is 9.83. The summed E-state index contributed by atoms with van der Waals surface area (Å²) in [4.78, 5) is 0.